The molecule has 0 saturated heterocycles. The summed E-state index contributed by atoms with van der Waals surface area (Å²) in [4.78, 5) is 10.2. The molecule has 3 heteroatoms. The van der Waals surface area contributed by atoms with Gasteiger partial charge in [-0.25, -0.2) is 0 Å². The van der Waals surface area contributed by atoms with E-state index < -0.39 is 0 Å². The Morgan fingerprint density at radius 2 is 1.92 bits per heavy atom. The Hall–Kier alpha value is -0.440. The Bertz CT molecular complexity index is 150. The van der Waals surface area contributed by atoms with Gasteiger partial charge in [-0.15, -0.1) is 0 Å². The molecule has 0 aromatic carbocycles. The molecule has 1 aliphatic carbocycles. The van der Waals surface area contributed by atoms with E-state index in [1.807, 2.05) is 0 Å². The average molecular weight is 185 g/mol. The van der Waals surface area contributed by atoms with Crippen LogP contribution in [0.2, 0.25) is 0 Å². The summed E-state index contributed by atoms with van der Waals surface area (Å²) in [6.07, 6.45) is 6.85. The molecule has 3 nitrogen and oxygen atoms in total. The SMILES string of the molecule is O=NCC1CCCCC1CCCO. The molecule has 0 aliphatic heterocycles. The highest BCUT2D eigenvalue weighted by Gasteiger charge is 2.24. The molecule has 1 fully saturated rings. The van der Waals surface area contributed by atoms with Crippen LogP contribution in [0.1, 0.15) is 38.5 Å². The highest BCUT2D eigenvalue weighted by Crippen LogP contribution is 2.33. The van der Waals surface area contributed by atoms with Crippen molar-refractivity contribution < 1.29 is 5.11 Å². The van der Waals surface area contributed by atoms with Crippen LogP contribution in [0.15, 0.2) is 5.18 Å². The molecule has 0 aromatic rings. The van der Waals surface area contributed by atoms with E-state index in [-0.39, 0.29) is 6.61 Å². The minimum absolute atomic E-state index is 0.276. The molecule has 1 N–H and O–H groups in total. The molecule has 2 atom stereocenters. The molecule has 1 rings (SSSR count). The molecule has 0 heterocycles. The van der Waals surface area contributed by atoms with E-state index >= 15 is 0 Å². The highest BCUT2D eigenvalue weighted by atomic mass is 16.3. The Kier molecular flexibility index (Phi) is 4.98. The molecule has 2 unspecified atom stereocenters. The largest absolute Gasteiger partial charge is 0.396 e. The maximum Gasteiger partial charge on any atom is 0.0841 e. The molecule has 1 saturated carbocycles. The number of rotatable bonds is 5. The van der Waals surface area contributed by atoms with Crippen LogP contribution in [0.5, 0.6) is 0 Å². The minimum atomic E-state index is 0.276. The van der Waals surface area contributed by atoms with Gasteiger partial charge in [-0.05, 0) is 31.1 Å². The van der Waals surface area contributed by atoms with E-state index in [9.17, 15) is 4.91 Å². The number of nitrogens with zero attached hydrogens (tertiary/aromatic N) is 1. The first-order valence-corrected chi connectivity index (χ1v) is 5.28. The lowest BCUT2D eigenvalue weighted by Crippen LogP contribution is -2.22. The molecule has 0 radical (unpaired) electrons. The fourth-order valence-corrected chi connectivity index (χ4v) is 2.35. The predicted octanol–water partition coefficient (Wildman–Crippen LogP) is 2.33. The standard InChI is InChI=1S/C10H19NO2/c12-7-3-6-9-4-1-2-5-10(9)8-11-13/h9-10,12H,1-8H2. The van der Waals surface area contributed by atoms with E-state index in [1.54, 1.807) is 0 Å². The predicted molar refractivity (Wildman–Crippen MR) is 52.4 cm³/mol. The highest BCUT2D eigenvalue weighted by molar-refractivity contribution is 4.76. The number of aliphatic hydroxyl groups excluding tert-OH is 1. The van der Waals surface area contributed by atoms with Gasteiger partial charge in [0.15, 0.2) is 0 Å². The third-order valence-corrected chi connectivity index (χ3v) is 3.11. The zero-order chi connectivity index (χ0) is 9.52. The number of nitroso groups, excluding NO2 is 1. The topological polar surface area (TPSA) is 49.7 Å². The molecule has 0 bridgehead atoms. The van der Waals surface area contributed by atoms with Crippen LogP contribution in [0.4, 0.5) is 0 Å². The van der Waals surface area contributed by atoms with Crippen LogP contribution in [-0.2, 0) is 0 Å². The van der Waals surface area contributed by atoms with E-state index in [0.29, 0.717) is 18.4 Å². The summed E-state index contributed by atoms with van der Waals surface area (Å²) < 4.78 is 0. The van der Waals surface area contributed by atoms with Gasteiger partial charge >= 0.3 is 0 Å². The fourth-order valence-electron chi connectivity index (χ4n) is 2.35. The first-order valence-electron chi connectivity index (χ1n) is 5.28. The maximum absolute atomic E-state index is 10.2. The maximum atomic E-state index is 10.2. The van der Waals surface area contributed by atoms with Gasteiger partial charge in [-0.3, -0.25) is 0 Å². The lowest BCUT2D eigenvalue weighted by Gasteiger charge is -2.29. The monoisotopic (exact) mass is 185 g/mol. The van der Waals surface area contributed by atoms with Crippen LogP contribution in [0, 0.1) is 16.7 Å². The number of hydrogen-bond donors (Lipinski definition) is 1. The summed E-state index contributed by atoms with van der Waals surface area (Å²) in [5.41, 5.74) is 0. The van der Waals surface area contributed by atoms with Crippen molar-refractivity contribution in [3.63, 3.8) is 0 Å². The summed E-state index contributed by atoms with van der Waals surface area (Å²) in [7, 11) is 0. The molecule has 0 aromatic heterocycles. The lowest BCUT2D eigenvalue weighted by atomic mass is 9.77. The van der Waals surface area contributed by atoms with Crippen LogP contribution < -0.4 is 0 Å². The number of hydrogen-bond acceptors (Lipinski definition) is 3. The second-order valence-corrected chi connectivity index (χ2v) is 3.98. The summed E-state index contributed by atoms with van der Waals surface area (Å²) in [5, 5.41) is 11.7. The second kappa shape index (κ2) is 6.08. The van der Waals surface area contributed by atoms with Crippen molar-refractivity contribution >= 4 is 0 Å². The Morgan fingerprint density at radius 3 is 2.54 bits per heavy atom. The van der Waals surface area contributed by atoms with Crippen LogP contribution in [0.25, 0.3) is 0 Å². The lowest BCUT2D eigenvalue weighted by molar-refractivity contribution is 0.202. The third kappa shape index (κ3) is 3.43. The molecule has 13 heavy (non-hydrogen) atoms. The minimum Gasteiger partial charge on any atom is -0.396 e. The van der Waals surface area contributed by atoms with Gasteiger partial charge < -0.3 is 5.11 Å². The van der Waals surface area contributed by atoms with Gasteiger partial charge in [-0.1, -0.05) is 24.4 Å². The van der Waals surface area contributed by atoms with Gasteiger partial charge in [0, 0.05) is 6.61 Å². The third-order valence-electron chi connectivity index (χ3n) is 3.11. The zero-order valence-corrected chi connectivity index (χ0v) is 8.11. The Morgan fingerprint density at radius 1 is 1.23 bits per heavy atom. The molecule has 0 amide bonds. The van der Waals surface area contributed by atoms with Crippen molar-refractivity contribution in [2.75, 3.05) is 13.2 Å². The normalized spacial score (nSPS) is 28.7. The van der Waals surface area contributed by atoms with E-state index in [1.165, 1.54) is 19.3 Å². The second-order valence-electron chi connectivity index (χ2n) is 3.98. The van der Waals surface area contributed by atoms with Gasteiger partial charge in [0.05, 0.1) is 6.54 Å². The molecule has 0 spiro atoms. The van der Waals surface area contributed by atoms with E-state index in [2.05, 4.69) is 5.18 Å². The van der Waals surface area contributed by atoms with Gasteiger partial charge in [0.25, 0.3) is 0 Å². The van der Waals surface area contributed by atoms with Crippen molar-refractivity contribution in [1.82, 2.24) is 0 Å². The van der Waals surface area contributed by atoms with Crippen molar-refractivity contribution in [2.24, 2.45) is 17.0 Å². The van der Waals surface area contributed by atoms with Crippen molar-refractivity contribution in [3.05, 3.63) is 4.91 Å². The van der Waals surface area contributed by atoms with Crippen molar-refractivity contribution in [3.8, 4) is 0 Å². The quantitative estimate of drug-likeness (QED) is 0.668. The van der Waals surface area contributed by atoms with Gasteiger partial charge in [-0.2, -0.15) is 4.91 Å². The van der Waals surface area contributed by atoms with E-state index in [4.69, 9.17) is 5.11 Å². The molecular formula is C10H19NO2. The summed E-state index contributed by atoms with van der Waals surface area (Å²) in [5.74, 6) is 1.14. The fraction of sp³-hybridized carbons (Fsp3) is 1.00. The van der Waals surface area contributed by atoms with Crippen LogP contribution in [-0.4, -0.2) is 18.3 Å². The summed E-state index contributed by atoms with van der Waals surface area (Å²) in [6, 6.07) is 0. The van der Waals surface area contributed by atoms with Crippen molar-refractivity contribution in [1.29, 1.82) is 0 Å². The van der Waals surface area contributed by atoms with Crippen LogP contribution >= 0.6 is 0 Å². The average Bonchev–Trinajstić information content (AvgIpc) is 2.17. The summed E-state index contributed by atoms with van der Waals surface area (Å²) in [6.45, 7) is 0.758. The molecule has 76 valence electrons. The van der Waals surface area contributed by atoms with E-state index in [0.717, 1.165) is 19.3 Å². The first-order chi connectivity index (χ1) is 6.38. The van der Waals surface area contributed by atoms with Gasteiger partial charge in [0.1, 0.15) is 0 Å². The van der Waals surface area contributed by atoms with Crippen molar-refractivity contribution in [2.45, 2.75) is 38.5 Å². The Labute approximate surface area is 79.5 Å². The molecular weight excluding hydrogens is 166 g/mol. The van der Waals surface area contributed by atoms with Crippen LogP contribution in [0.3, 0.4) is 0 Å². The summed E-state index contributed by atoms with van der Waals surface area (Å²) >= 11 is 0. The first kappa shape index (κ1) is 10.6. The zero-order valence-electron chi connectivity index (χ0n) is 8.11. The molecule has 1 aliphatic rings. The number of aliphatic hydroxyl groups is 1. The van der Waals surface area contributed by atoms with Gasteiger partial charge in [0.2, 0.25) is 0 Å². The smallest absolute Gasteiger partial charge is 0.0841 e. The Balaban J connectivity index is 2.32.